The number of hydrogen-bond donors (Lipinski definition) is 1. The van der Waals surface area contributed by atoms with E-state index in [0.717, 1.165) is 0 Å². The predicted molar refractivity (Wildman–Crippen MR) is 45.1 cm³/mol. The molecule has 0 saturated carbocycles. The minimum Gasteiger partial charge on any atom is -0.506 e. The van der Waals surface area contributed by atoms with Gasteiger partial charge in [-0.05, 0) is 19.1 Å². The molecule has 1 rings (SSSR count). The fourth-order valence-corrected chi connectivity index (χ4v) is 0.784. The second kappa shape index (κ2) is 3.71. The normalized spacial score (nSPS) is 11.3. The fourth-order valence-electron chi connectivity index (χ4n) is 0.784. The Balaban J connectivity index is 2.89. The third-order valence-corrected chi connectivity index (χ3v) is 1.35. The van der Waals surface area contributed by atoms with Crippen molar-refractivity contribution in [1.29, 1.82) is 0 Å². The van der Waals surface area contributed by atoms with Crippen LogP contribution in [0.4, 0.5) is 0 Å². The molecular formula is C8H10N2O2. The van der Waals surface area contributed by atoms with Crippen LogP contribution in [-0.2, 0) is 4.84 Å². The maximum atomic E-state index is 8.93. The first-order valence-corrected chi connectivity index (χ1v) is 3.47. The van der Waals surface area contributed by atoms with Crippen molar-refractivity contribution in [2.24, 2.45) is 5.16 Å². The van der Waals surface area contributed by atoms with Crippen LogP contribution in [0.1, 0.15) is 12.6 Å². The quantitative estimate of drug-likeness (QED) is 0.529. The highest BCUT2D eigenvalue weighted by atomic mass is 16.6. The second-order valence-corrected chi connectivity index (χ2v) is 2.26. The van der Waals surface area contributed by atoms with Crippen LogP contribution < -0.4 is 0 Å². The molecule has 4 nitrogen and oxygen atoms in total. The summed E-state index contributed by atoms with van der Waals surface area (Å²) in [7, 11) is 1.48. The summed E-state index contributed by atoms with van der Waals surface area (Å²) in [6.07, 6.45) is 1.37. The highest BCUT2D eigenvalue weighted by Gasteiger charge is 1.98. The lowest BCUT2D eigenvalue weighted by Crippen LogP contribution is -1.97. The monoisotopic (exact) mass is 166 g/mol. The molecule has 0 saturated heterocycles. The van der Waals surface area contributed by atoms with E-state index in [1.54, 1.807) is 19.1 Å². The number of rotatable bonds is 2. The molecule has 0 bridgehead atoms. The van der Waals surface area contributed by atoms with E-state index in [2.05, 4.69) is 15.0 Å². The van der Waals surface area contributed by atoms with Gasteiger partial charge in [-0.15, -0.1) is 0 Å². The van der Waals surface area contributed by atoms with Gasteiger partial charge in [0.25, 0.3) is 0 Å². The van der Waals surface area contributed by atoms with Crippen molar-refractivity contribution in [3.63, 3.8) is 0 Å². The van der Waals surface area contributed by atoms with Gasteiger partial charge >= 0.3 is 0 Å². The molecule has 0 aromatic carbocycles. The van der Waals surface area contributed by atoms with Crippen LogP contribution in [0.15, 0.2) is 23.5 Å². The Bertz CT molecular complexity index is 280. The van der Waals surface area contributed by atoms with Gasteiger partial charge in [0.15, 0.2) is 0 Å². The van der Waals surface area contributed by atoms with Crippen LogP contribution in [0, 0.1) is 0 Å². The van der Waals surface area contributed by atoms with Crippen LogP contribution in [-0.4, -0.2) is 22.9 Å². The third kappa shape index (κ3) is 1.95. The van der Waals surface area contributed by atoms with Crippen LogP contribution in [0.25, 0.3) is 0 Å². The van der Waals surface area contributed by atoms with Gasteiger partial charge in [-0.25, -0.2) is 0 Å². The average molecular weight is 166 g/mol. The maximum absolute atomic E-state index is 8.93. The Kier molecular flexibility index (Phi) is 2.63. The Hall–Kier alpha value is -1.58. The number of aromatic nitrogens is 1. The first-order valence-electron chi connectivity index (χ1n) is 3.47. The SMILES string of the molecule is CON=C(C)c1ccc(O)cn1. The van der Waals surface area contributed by atoms with Crippen molar-refractivity contribution in [3.8, 4) is 5.75 Å². The lowest BCUT2D eigenvalue weighted by atomic mass is 10.2. The van der Waals surface area contributed by atoms with E-state index in [0.29, 0.717) is 11.4 Å². The minimum atomic E-state index is 0.143. The van der Waals surface area contributed by atoms with E-state index >= 15 is 0 Å². The smallest absolute Gasteiger partial charge is 0.133 e. The van der Waals surface area contributed by atoms with Gasteiger partial charge in [0.2, 0.25) is 0 Å². The third-order valence-electron chi connectivity index (χ3n) is 1.35. The number of hydrogen-bond acceptors (Lipinski definition) is 4. The van der Waals surface area contributed by atoms with Crippen molar-refractivity contribution in [2.45, 2.75) is 6.92 Å². The molecule has 0 fully saturated rings. The van der Waals surface area contributed by atoms with Gasteiger partial charge in [0.1, 0.15) is 18.6 Å². The first-order chi connectivity index (χ1) is 5.74. The zero-order chi connectivity index (χ0) is 8.97. The van der Waals surface area contributed by atoms with E-state index in [1.165, 1.54) is 13.3 Å². The molecule has 1 N–H and O–H groups in total. The van der Waals surface area contributed by atoms with Crippen LogP contribution in [0.2, 0.25) is 0 Å². The molecule has 0 aliphatic heterocycles. The molecule has 12 heavy (non-hydrogen) atoms. The van der Waals surface area contributed by atoms with Crippen molar-refractivity contribution >= 4 is 5.71 Å². The predicted octanol–water partition coefficient (Wildman–Crippen LogP) is 1.16. The van der Waals surface area contributed by atoms with Gasteiger partial charge in [0, 0.05) is 0 Å². The summed E-state index contributed by atoms with van der Waals surface area (Å²) in [6, 6.07) is 3.23. The molecule has 1 aromatic heterocycles. The molecule has 1 aromatic rings. The lowest BCUT2D eigenvalue weighted by molar-refractivity contribution is 0.213. The van der Waals surface area contributed by atoms with Crippen LogP contribution in [0.3, 0.4) is 0 Å². The molecule has 0 atom stereocenters. The standard InChI is InChI=1S/C8H10N2O2/c1-6(10-12-2)8-4-3-7(11)5-9-8/h3-5,11H,1-2H3. The van der Waals surface area contributed by atoms with Crippen LogP contribution in [0.5, 0.6) is 5.75 Å². The summed E-state index contributed by atoms with van der Waals surface area (Å²) >= 11 is 0. The fraction of sp³-hybridized carbons (Fsp3) is 0.250. The lowest BCUT2D eigenvalue weighted by Gasteiger charge is -1.97. The van der Waals surface area contributed by atoms with Crippen LogP contribution >= 0.6 is 0 Å². The van der Waals surface area contributed by atoms with Crippen molar-refractivity contribution in [1.82, 2.24) is 4.98 Å². The molecule has 0 aliphatic rings. The first kappa shape index (κ1) is 8.52. The Morgan fingerprint density at radius 1 is 1.58 bits per heavy atom. The van der Waals surface area contributed by atoms with E-state index in [4.69, 9.17) is 5.11 Å². The van der Waals surface area contributed by atoms with E-state index in [9.17, 15) is 0 Å². The molecule has 0 aliphatic carbocycles. The average Bonchev–Trinajstić information content (AvgIpc) is 2.06. The molecule has 0 amide bonds. The summed E-state index contributed by atoms with van der Waals surface area (Å²) in [5.41, 5.74) is 1.37. The van der Waals surface area contributed by atoms with Gasteiger partial charge in [-0.2, -0.15) is 0 Å². The van der Waals surface area contributed by atoms with Crippen molar-refractivity contribution in [3.05, 3.63) is 24.0 Å². The molecule has 0 radical (unpaired) electrons. The van der Waals surface area contributed by atoms with Gasteiger partial charge < -0.3 is 9.94 Å². The van der Waals surface area contributed by atoms with Gasteiger partial charge in [-0.3, -0.25) is 4.98 Å². The number of pyridine rings is 1. The minimum absolute atomic E-state index is 0.143. The molecule has 0 unspecified atom stereocenters. The Labute approximate surface area is 70.5 Å². The molecule has 64 valence electrons. The zero-order valence-corrected chi connectivity index (χ0v) is 6.98. The zero-order valence-electron chi connectivity index (χ0n) is 6.98. The number of aromatic hydroxyl groups is 1. The maximum Gasteiger partial charge on any atom is 0.133 e. The highest BCUT2D eigenvalue weighted by Crippen LogP contribution is 2.06. The summed E-state index contributed by atoms with van der Waals surface area (Å²) in [4.78, 5) is 8.51. The summed E-state index contributed by atoms with van der Waals surface area (Å²) < 4.78 is 0. The second-order valence-electron chi connectivity index (χ2n) is 2.26. The molecule has 4 heteroatoms. The van der Waals surface area contributed by atoms with Crippen molar-refractivity contribution in [2.75, 3.05) is 7.11 Å². The Morgan fingerprint density at radius 2 is 2.33 bits per heavy atom. The molecule has 0 spiro atoms. The Morgan fingerprint density at radius 3 is 2.83 bits per heavy atom. The van der Waals surface area contributed by atoms with E-state index in [-0.39, 0.29) is 5.75 Å². The summed E-state index contributed by atoms with van der Waals surface area (Å²) in [5, 5.41) is 12.6. The topological polar surface area (TPSA) is 54.7 Å². The molecule has 1 heterocycles. The molecular weight excluding hydrogens is 156 g/mol. The summed E-state index contributed by atoms with van der Waals surface area (Å²) in [5.74, 6) is 0.143. The van der Waals surface area contributed by atoms with Gasteiger partial charge in [0.05, 0.1) is 11.9 Å². The van der Waals surface area contributed by atoms with Crippen molar-refractivity contribution < 1.29 is 9.94 Å². The van der Waals surface area contributed by atoms with Gasteiger partial charge in [-0.1, -0.05) is 5.16 Å². The summed E-state index contributed by atoms with van der Waals surface area (Å²) in [6.45, 7) is 1.78. The number of nitrogens with zero attached hydrogens (tertiary/aromatic N) is 2. The highest BCUT2D eigenvalue weighted by molar-refractivity contribution is 5.96. The number of oxime groups is 1. The largest absolute Gasteiger partial charge is 0.506 e. The van der Waals surface area contributed by atoms with E-state index in [1.807, 2.05) is 0 Å². The van der Waals surface area contributed by atoms with E-state index < -0.39 is 0 Å².